The fourth-order valence-corrected chi connectivity index (χ4v) is 3.21. The molecule has 0 spiro atoms. The SMILES string of the molecule is NC(=NCCN1CCCCCC1)NCCc1cccs1. The zero-order valence-electron chi connectivity index (χ0n) is 12.2. The average Bonchev–Trinajstić information content (AvgIpc) is 2.82. The molecular weight excluding hydrogens is 268 g/mol. The lowest BCUT2D eigenvalue weighted by atomic mass is 10.2. The number of hydrogen-bond donors (Lipinski definition) is 2. The number of guanidine groups is 1. The first-order valence-electron chi connectivity index (χ1n) is 7.63. The quantitative estimate of drug-likeness (QED) is 0.624. The summed E-state index contributed by atoms with van der Waals surface area (Å²) < 4.78 is 0. The maximum Gasteiger partial charge on any atom is 0.188 e. The minimum Gasteiger partial charge on any atom is -0.370 e. The molecular formula is C15H26N4S. The van der Waals surface area contributed by atoms with Crippen molar-refractivity contribution in [2.45, 2.75) is 32.1 Å². The minimum atomic E-state index is 0.580. The Morgan fingerprint density at radius 1 is 1.30 bits per heavy atom. The van der Waals surface area contributed by atoms with Crippen LogP contribution in [0.4, 0.5) is 0 Å². The third-order valence-corrected chi connectivity index (χ3v) is 4.59. The van der Waals surface area contributed by atoms with Crippen LogP contribution in [0, 0.1) is 0 Å². The third kappa shape index (κ3) is 5.92. The molecule has 112 valence electrons. The van der Waals surface area contributed by atoms with Crippen molar-refractivity contribution in [3.63, 3.8) is 0 Å². The molecule has 0 amide bonds. The summed E-state index contributed by atoms with van der Waals surface area (Å²) in [6.45, 7) is 5.15. The van der Waals surface area contributed by atoms with Gasteiger partial charge in [-0.05, 0) is 43.8 Å². The molecule has 20 heavy (non-hydrogen) atoms. The molecule has 1 fully saturated rings. The zero-order chi connectivity index (χ0) is 14.0. The predicted octanol–water partition coefficient (Wildman–Crippen LogP) is 2.07. The van der Waals surface area contributed by atoms with Crippen LogP contribution in [0.25, 0.3) is 0 Å². The Hall–Kier alpha value is -1.07. The largest absolute Gasteiger partial charge is 0.370 e. The lowest BCUT2D eigenvalue weighted by molar-refractivity contribution is 0.293. The van der Waals surface area contributed by atoms with E-state index >= 15 is 0 Å². The Kier molecular flexibility index (Phi) is 6.88. The first-order valence-corrected chi connectivity index (χ1v) is 8.51. The van der Waals surface area contributed by atoms with Crippen LogP contribution in [0.1, 0.15) is 30.6 Å². The number of nitrogens with two attached hydrogens (primary N) is 1. The first-order chi connectivity index (χ1) is 9.84. The predicted molar refractivity (Wildman–Crippen MR) is 87.4 cm³/mol. The number of aliphatic imine (C=N–C) groups is 1. The van der Waals surface area contributed by atoms with Gasteiger partial charge in [0.1, 0.15) is 0 Å². The fraction of sp³-hybridized carbons (Fsp3) is 0.667. The monoisotopic (exact) mass is 294 g/mol. The highest BCUT2D eigenvalue weighted by Crippen LogP contribution is 2.09. The highest BCUT2D eigenvalue weighted by Gasteiger charge is 2.07. The molecule has 0 unspecified atom stereocenters. The highest BCUT2D eigenvalue weighted by atomic mass is 32.1. The summed E-state index contributed by atoms with van der Waals surface area (Å²) in [6.07, 6.45) is 6.44. The molecule has 0 aliphatic carbocycles. The molecule has 1 aliphatic rings. The van der Waals surface area contributed by atoms with Gasteiger partial charge in [0.05, 0.1) is 6.54 Å². The second kappa shape index (κ2) is 8.97. The number of rotatable bonds is 6. The van der Waals surface area contributed by atoms with Crippen molar-refractivity contribution in [2.75, 3.05) is 32.7 Å². The lowest BCUT2D eigenvalue weighted by Crippen LogP contribution is -2.34. The van der Waals surface area contributed by atoms with Gasteiger partial charge in [-0.1, -0.05) is 18.9 Å². The van der Waals surface area contributed by atoms with E-state index in [9.17, 15) is 0 Å². The molecule has 1 aliphatic heterocycles. The summed E-state index contributed by atoms with van der Waals surface area (Å²) in [5, 5.41) is 5.29. The van der Waals surface area contributed by atoms with Crippen molar-refractivity contribution < 1.29 is 0 Å². The second-order valence-corrected chi connectivity index (χ2v) is 6.31. The van der Waals surface area contributed by atoms with Crippen LogP contribution < -0.4 is 11.1 Å². The fourth-order valence-electron chi connectivity index (χ4n) is 2.50. The van der Waals surface area contributed by atoms with Gasteiger partial charge >= 0.3 is 0 Å². The molecule has 5 heteroatoms. The molecule has 0 saturated carbocycles. The summed E-state index contributed by atoms with van der Waals surface area (Å²) in [5.41, 5.74) is 5.88. The molecule has 2 rings (SSSR count). The smallest absolute Gasteiger partial charge is 0.188 e. The van der Waals surface area contributed by atoms with Crippen LogP contribution in [0.15, 0.2) is 22.5 Å². The van der Waals surface area contributed by atoms with E-state index in [2.05, 4.69) is 32.7 Å². The standard InChI is InChI=1S/C15H26N4S/c16-15(17-8-7-14-6-5-13-20-14)18-9-12-19-10-3-1-2-4-11-19/h5-6,13H,1-4,7-12H2,(H3,16,17,18). The van der Waals surface area contributed by atoms with Crippen LogP contribution >= 0.6 is 11.3 Å². The Morgan fingerprint density at radius 2 is 2.10 bits per heavy atom. The summed E-state index contributed by atoms with van der Waals surface area (Å²) >= 11 is 1.79. The first kappa shape index (κ1) is 15.3. The highest BCUT2D eigenvalue weighted by molar-refractivity contribution is 7.09. The maximum absolute atomic E-state index is 5.88. The second-order valence-electron chi connectivity index (χ2n) is 5.28. The van der Waals surface area contributed by atoms with E-state index in [4.69, 9.17) is 5.73 Å². The summed E-state index contributed by atoms with van der Waals surface area (Å²) in [4.78, 5) is 8.31. The van der Waals surface area contributed by atoms with Crippen LogP contribution in [-0.2, 0) is 6.42 Å². The van der Waals surface area contributed by atoms with Gasteiger partial charge in [0.2, 0.25) is 0 Å². The number of nitrogens with one attached hydrogen (secondary N) is 1. The van der Waals surface area contributed by atoms with Gasteiger partial charge in [-0.25, -0.2) is 0 Å². The molecule has 1 saturated heterocycles. The van der Waals surface area contributed by atoms with Crippen LogP contribution in [-0.4, -0.2) is 43.6 Å². The third-order valence-electron chi connectivity index (χ3n) is 3.65. The number of likely N-dealkylation sites (tertiary alicyclic amines) is 1. The van der Waals surface area contributed by atoms with Crippen LogP contribution in [0.3, 0.4) is 0 Å². The zero-order valence-corrected chi connectivity index (χ0v) is 13.0. The van der Waals surface area contributed by atoms with Gasteiger partial charge in [0.15, 0.2) is 5.96 Å². The molecule has 0 radical (unpaired) electrons. The van der Waals surface area contributed by atoms with Gasteiger partial charge in [0, 0.05) is 18.0 Å². The van der Waals surface area contributed by atoms with Crippen LogP contribution in [0.5, 0.6) is 0 Å². The van der Waals surface area contributed by atoms with Gasteiger partial charge in [0.25, 0.3) is 0 Å². The van der Waals surface area contributed by atoms with Gasteiger partial charge in [-0.2, -0.15) is 0 Å². The van der Waals surface area contributed by atoms with Crippen molar-refractivity contribution in [1.29, 1.82) is 0 Å². The number of hydrogen-bond acceptors (Lipinski definition) is 3. The Bertz CT molecular complexity index is 381. The lowest BCUT2D eigenvalue weighted by Gasteiger charge is -2.18. The number of nitrogens with zero attached hydrogens (tertiary/aromatic N) is 2. The van der Waals surface area contributed by atoms with Crippen LogP contribution in [0.2, 0.25) is 0 Å². The van der Waals surface area contributed by atoms with Crippen molar-refractivity contribution in [2.24, 2.45) is 10.7 Å². The number of thiophene rings is 1. The van der Waals surface area contributed by atoms with Crippen molar-refractivity contribution >= 4 is 17.3 Å². The minimum absolute atomic E-state index is 0.580. The van der Waals surface area contributed by atoms with E-state index in [0.717, 1.165) is 26.1 Å². The van der Waals surface area contributed by atoms with Gasteiger partial charge in [-0.15, -0.1) is 11.3 Å². The van der Waals surface area contributed by atoms with Crippen molar-refractivity contribution in [3.8, 4) is 0 Å². The van der Waals surface area contributed by atoms with Gasteiger partial charge in [-0.3, -0.25) is 4.99 Å². The van der Waals surface area contributed by atoms with E-state index in [0.29, 0.717) is 5.96 Å². The Morgan fingerprint density at radius 3 is 2.80 bits per heavy atom. The summed E-state index contributed by atoms with van der Waals surface area (Å²) in [6, 6.07) is 4.23. The molecule has 1 aromatic heterocycles. The van der Waals surface area contributed by atoms with E-state index < -0.39 is 0 Å². The molecule has 4 nitrogen and oxygen atoms in total. The van der Waals surface area contributed by atoms with E-state index in [1.54, 1.807) is 11.3 Å². The molecule has 3 N–H and O–H groups in total. The Labute approximate surface area is 126 Å². The van der Waals surface area contributed by atoms with Crippen molar-refractivity contribution in [3.05, 3.63) is 22.4 Å². The molecule has 0 bridgehead atoms. The Balaban J connectivity index is 1.58. The average molecular weight is 294 g/mol. The molecule has 1 aromatic rings. The van der Waals surface area contributed by atoms with E-state index in [1.165, 1.54) is 43.6 Å². The maximum atomic E-state index is 5.88. The summed E-state index contributed by atoms with van der Waals surface area (Å²) in [5.74, 6) is 0.580. The summed E-state index contributed by atoms with van der Waals surface area (Å²) in [7, 11) is 0. The molecule has 0 atom stereocenters. The van der Waals surface area contributed by atoms with E-state index in [1.807, 2.05) is 0 Å². The normalized spacial score (nSPS) is 17.9. The van der Waals surface area contributed by atoms with Crippen molar-refractivity contribution in [1.82, 2.24) is 10.2 Å². The van der Waals surface area contributed by atoms with E-state index in [-0.39, 0.29) is 0 Å². The molecule has 2 heterocycles. The molecule has 0 aromatic carbocycles. The van der Waals surface area contributed by atoms with Gasteiger partial charge < -0.3 is 16.0 Å². The topological polar surface area (TPSA) is 53.6 Å².